The zero-order valence-electron chi connectivity index (χ0n) is 10.7. The Morgan fingerprint density at radius 1 is 1.29 bits per heavy atom. The fraction of sp³-hybridized carbons (Fsp3) is 0. The highest BCUT2D eigenvalue weighted by atomic mass is 35.5. The van der Waals surface area contributed by atoms with E-state index >= 15 is 0 Å². The number of halogens is 1. The van der Waals surface area contributed by atoms with E-state index in [0.29, 0.717) is 15.0 Å². The molecule has 3 N–H and O–H groups in total. The molecule has 0 unspecified atom stereocenters. The van der Waals surface area contributed by atoms with Crippen LogP contribution in [0.2, 0.25) is 5.02 Å². The van der Waals surface area contributed by atoms with Gasteiger partial charge in [-0.3, -0.25) is 4.79 Å². The number of hydrogen-bond donors (Lipinski definition) is 2. The zero-order valence-corrected chi connectivity index (χ0v) is 12.2. The summed E-state index contributed by atoms with van der Waals surface area (Å²) in [4.78, 5) is 16.7. The van der Waals surface area contributed by atoms with Crippen molar-refractivity contribution in [3.8, 4) is 0 Å². The number of nitrogens with one attached hydrogen (secondary N) is 1. The molecule has 0 aliphatic carbocycles. The van der Waals surface area contributed by atoms with E-state index in [1.54, 1.807) is 24.3 Å². The van der Waals surface area contributed by atoms with Crippen molar-refractivity contribution in [3.05, 3.63) is 58.3 Å². The van der Waals surface area contributed by atoms with Gasteiger partial charge in [-0.25, -0.2) is 4.98 Å². The predicted molar refractivity (Wildman–Crippen MR) is 83.4 cm³/mol. The summed E-state index contributed by atoms with van der Waals surface area (Å²) >= 11 is 7.00. The van der Waals surface area contributed by atoms with Crippen molar-refractivity contribution in [2.75, 3.05) is 11.1 Å². The number of furan rings is 1. The lowest BCUT2D eigenvalue weighted by Crippen LogP contribution is -2.00. The smallest absolute Gasteiger partial charge is 0.241 e. The van der Waals surface area contributed by atoms with Crippen LogP contribution in [-0.2, 0) is 0 Å². The van der Waals surface area contributed by atoms with E-state index in [0.717, 1.165) is 5.69 Å². The molecule has 0 bridgehead atoms. The van der Waals surface area contributed by atoms with E-state index < -0.39 is 0 Å². The number of nitrogens with two attached hydrogens (primary N) is 1. The van der Waals surface area contributed by atoms with Crippen molar-refractivity contribution in [2.45, 2.75) is 0 Å². The van der Waals surface area contributed by atoms with Gasteiger partial charge in [0.1, 0.15) is 10.7 Å². The Labute approximate surface area is 129 Å². The lowest BCUT2D eigenvalue weighted by Gasteiger charge is -2.01. The maximum Gasteiger partial charge on any atom is 0.241 e. The predicted octanol–water partition coefficient (Wildman–Crippen LogP) is 3.95. The van der Waals surface area contributed by atoms with Gasteiger partial charge < -0.3 is 15.5 Å². The number of nitrogens with zero attached hydrogens (tertiary/aromatic N) is 1. The summed E-state index contributed by atoms with van der Waals surface area (Å²) in [5.74, 6) is 0.139. The second-order valence-electron chi connectivity index (χ2n) is 4.17. The summed E-state index contributed by atoms with van der Waals surface area (Å²) in [5, 5.41) is 4.26. The van der Waals surface area contributed by atoms with Gasteiger partial charge in [-0.15, -0.1) is 0 Å². The van der Waals surface area contributed by atoms with Crippen LogP contribution in [-0.4, -0.2) is 10.8 Å². The molecule has 21 heavy (non-hydrogen) atoms. The van der Waals surface area contributed by atoms with Gasteiger partial charge in [-0.1, -0.05) is 22.9 Å². The summed E-state index contributed by atoms with van der Waals surface area (Å²) in [6.07, 6.45) is 1.44. The SMILES string of the molecule is Nc1nc(Nc2ccc(Cl)cc2)sc1C(=O)c1ccco1. The number of carbonyl (C=O) groups is 1. The summed E-state index contributed by atoms with van der Waals surface area (Å²) in [5.41, 5.74) is 6.61. The van der Waals surface area contributed by atoms with Gasteiger partial charge in [0.25, 0.3) is 0 Å². The Bertz CT molecular complexity index is 766. The quantitative estimate of drug-likeness (QED) is 0.712. The molecule has 106 valence electrons. The number of aromatic nitrogens is 1. The molecule has 0 atom stereocenters. The maximum absolute atomic E-state index is 12.2. The number of anilines is 3. The standard InChI is InChI=1S/C14H10ClN3O2S/c15-8-3-5-9(6-4-8)17-14-18-13(16)12(21-14)11(19)10-2-1-7-20-10/h1-7H,16H2,(H,17,18). The molecule has 3 aromatic rings. The first-order valence-electron chi connectivity index (χ1n) is 6.00. The number of hydrogen-bond acceptors (Lipinski definition) is 6. The monoisotopic (exact) mass is 319 g/mol. The molecule has 0 saturated heterocycles. The number of carbonyl (C=O) groups excluding carboxylic acids is 1. The maximum atomic E-state index is 12.2. The zero-order chi connectivity index (χ0) is 14.8. The minimum Gasteiger partial charge on any atom is -0.461 e. The van der Waals surface area contributed by atoms with Gasteiger partial charge in [-0.2, -0.15) is 0 Å². The highest BCUT2D eigenvalue weighted by Crippen LogP contribution is 2.30. The first kappa shape index (κ1) is 13.7. The van der Waals surface area contributed by atoms with Crippen molar-refractivity contribution in [2.24, 2.45) is 0 Å². The third-order valence-electron chi connectivity index (χ3n) is 2.70. The molecule has 5 nitrogen and oxygen atoms in total. The summed E-state index contributed by atoms with van der Waals surface area (Å²) < 4.78 is 5.08. The highest BCUT2D eigenvalue weighted by Gasteiger charge is 2.20. The van der Waals surface area contributed by atoms with Crippen LogP contribution in [0, 0.1) is 0 Å². The molecule has 0 amide bonds. The van der Waals surface area contributed by atoms with Gasteiger partial charge in [0, 0.05) is 10.7 Å². The lowest BCUT2D eigenvalue weighted by atomic mass is 10.2. The average molecular weight is 320 g/mol. The largest absolute Gasteiger partial charge is 0.461 e. The van der Waals surface area contributed by atoms with Crippen LogP contribution in [0.1, 0.15) is 15.4 Å². The Morgan fingerprint density at radius 2 is 2.05 bits per heavy atom. The van der Waals surface area contributed by atoms with Gasteiger partial charge >= 0.3 is 0 Å². The molecular formula is C14H10ClN3O2S. The molecule has 2 heterocycles. The molecule has 0 spiro atoms. The van der Waals surface area contributed by atoms with E-state index in [1.165, 1.54) is 17.6 Å². The molecule has 7 heteroatoms. The van der Waals surface area contributed by atoms with Crippen molar-refractivity contribution >= 4 is 45.4 Å². The number of benzene rings is 1. The second kappa shape index (κ2) is 5.59. The van der Waals surface area contributed by atoms with Crippen LogP contribution in [0.15, 0.2) is 47.1 Å². The number of nitrogen functional groups attached to an aromatic ring is 1. The van der Waals surface area contributed by atoms with Gasteiger partial charge in [-0.05, 0) is 36.4 Å². The van der Waals surface area contributed by atoms with Crippen molar-refractivity contribution in [1.29, 1.82) is 0 Å². The number of ketones is 1. The lowest BCUT2D eigenvalue weighted by molar-refractivity contribution is 0.101. The highest BCUT2D eigenvalue weighted by molar-refractivity contribution is 7.18. The second-order valence-corrected chi connectivity index (χ2v) is 5.61. The fourth-order valence-corrected chi connectivity index (χ4v) is 2.70. The molecule has 2 aromatic heterocycles. The van der Waals surface area contributed by atoms with Gasteiger partial charge in [0.15, 0.2) is 10.9 Å². The first-order chi connectivity index (χ1) is 10.1. The Balaban J connectivity index is 1.84. The molecule has 0 aliphatic heterocycles. The Hall–Kier alpha value is -2.31. The van der Waals surface area contributed by atoms with Crippen LogP contribution in [0.5, 0.6) is 0 Å². The van der Waals surface area contributed by atoms with E-state index in [9.17, 15) is 4.79 Å². The Kier molecular flexibility index (Phi) is 3.64. The molecule has 3 rings (SSSR count). The number of rotatable bonds is 4. The van der Waals surface area contributed by atoms with Crippen molar-refractivity contribution < 1.29 is 9.21 Å². The van der Waals surface area contributed by atoms with Gasteiger partial charge in [0.2, 0.25) is 5.78 Å². The molecule has 1 aromatic carbocycles. The normalized spacial score (nSPS) is 10.5. The fourth-order valence-electron chi connectivity index (χ4n) is 1.72. The molecule has 0 radical (unpaired) electrons. The summed E-state index contributed by atoms with van der Waals surface area (Å²) in [7, 11) is 0. The van der Waals surface area contributed by atoms with Crippen LogP contribution in [0.3, 0.4) is 0 Å². The van der Waals surface area contributed by atoms with E-state index in [2.05, 4.69) is 10.3 Å². The minimum atomic E-state index is -0.279. The molecular weight excluding hydrogens is 310 g/mol. The first-order valence-corrected chi connectivity index (χ1v) is 7.20. The van der Waals surface area contributed by atoms with Crippen LogP contribution >= 0.6 is 22.9 Å². The molecule has 0 saturated carbocycles. The number of thiazole rings is 1. The Morgan fingerprint density at radius 3 is 2.71 bits per heavy atom. The van der Waals surface area contributed by atoms with Crippen LogP contribution in [0.4, 0.5) is 16.6 Å². The van der Waals surface area contributed by atoms with E-state index in [1.807, 2.05) is 12.1 Å². The van der Waals surface area contributed by atoms with Crippen LogP contribution < -0.4 is 11.1 Å². The molecule has 0 fully saturated rings. The molecule has 0 aliphatic rings. The topological polar surface area (TPSA) is 81.1 Å². The van der Waals surface area contributed by atoms with Crippen molar-refractivity contribution in [1.82, 2.24) is 4.98 Å². The van der Waals surface area contributed by atoms with E-state index in [-0.39, 0.29) is 17.4 Å². The van der Waals surface area contributed by atoms with E-state index in [4.69, 9.17) is 21.8 Å². The average Bonchev–Trinajstić information content (AvgIpc) is 3.10. The third-order valence-corrected chi connectivity index (χ3v) is 3.94. The third kappa shape index (κ3) is 2.91. The van der Waals surface area contributed by atoms with Crippen LogP contribution in [0.25, 0.3) is 0 Å². The minimum absolute atomic E-state index is 0.179. The summed E-state index contributed by atoms with van der Waals surface area (Å²) in [6, 6.07) is 10.4. The summed E-state index contributed by atoms with van der Waals surface area (Å²) in [6.45, 7) is 0. The van der Waals surface area contributed by atoms with Gasteiger partial charge in [0.05, 0.1) is 6.26 Å². The van der Waals surface area contributed by atoms with Crippen molar-refractivity contribution in [3.63, 3.8) is 0 Å².